The van der Waals surface area contributed by atoms with Crippen LogP contribution in [0.3, 0.4) is 0 Å². The van der Waals surface area contributed by atoms with Crippen molar-refractivity contribution in [3.8, 4) is 11.3 Å². The van der Waals surface area contributed by atoms with Gasteiger partial charge in [-0.05, 0) is 18.8 Å². The summed E-state index contributed by atoms with van der Waals surface area (Å²) >= 11 is 1.76. The number of hydrogen-bond donors (Lipinski definition) is 1. The Bertz CT molecular complexity index is 579. The number of hydrogen-bond acceptors (Lipinski definition) is 4. The first-order valence-electron chi connectivity index (χ1n) is 7.82. The molecule has 1 aromatic heterocycles. The van der Waals surface area contributed by atoms with E-state index in [1.54, 1.807) is 11.3 Å². The van der Waals surface area contributed by atoms with Crippen molar-refractivity contribution in [3.05, 3.63) is 35.2 Å². The highest BCUT2D eigenvalue weighted by molar-refractivity contribution is 7.16. The SMILES string of the molecule is CCC1CCCN(c2nc(-c3ccccc3)c(CN)s2)C1. The van der Waals surface area contributed by atoms with Gasteiger partial charge in [-0.1, -0.05) is 55.0 Å². The van der Waals surface area contributed by atoms with Gasteiger partial charge in [-0.2, -0.15) is 0 Å². The number of anilines is 1. The largest absolute Gasteiger partial charge is 0.348 e. The second-order valence-corrected chi connectivity index (χ2v) is 6.76. The van der Waals surface area contributed by atoms with Crippen LogP contribution >= 0.6 is 11.3 Å². The van der Waals surface area contributed by atoms with Crippen LogP contribution in [0.5, 0.6) is 0 Å². The minimum atomic E-state index is 0.562. The molecule has 0 radical (unpaired) electrons. The van der Waals surface area contributed by atoms with Gasteiger partial charge in [0.25, 0.3) is 0 Å². The van der Waals surface area contributed by atoms with Crippen molar-refractivity contribution in [2.45, 2.75) is 32.7 Å². The lowest BCUT2D eigenvalue weighted by Crippen LogP contribution is -2.35. The van der Waals surface area contributed by atoms with Crippen LogP contribution < -0.4 is 10.6 Å². The zero-order valence-corrected chi connectivity index (χ0v) is 13.4. The lowest BCUT2D eigenvalue weighted by atomic mass is 9.96. The van der Waals surface area contributed by atoms with E-state index in [1.807, 2.05) is 6.07 Å². The predicted octanol–water partition coefficient (Wildman–Crippen LogP) is 3.90. The van der Waals surface area contributed by atoms with Crippen LogP contribution in [-0.2, 0) is 6.54 Å². The molecule has 1 aromatic carbocycles. The second kappa shape index (κ2) is 6.58. The number of rotatable bonds is 4. The van der Waals surface area contributed by atoms with Crippen molar-refractivity contribution in [2.75, 3.05) is 18.0 Å². The fourth-order valence-corrected chi connectivity index (χ4v) is 4.00. The average Bonchev–Trinajstić information content (AvgIpc) is 3.00. The minimum absolute atomic E-state index is 0.562. The number of nitrogens with two attached hydrogens (primary N) is 1. The smallest absolute Gasteiger partial charge is 0.186 e. The van der Waals surface area contributed by atoms with Gasteiger partial charge in [-0.3, -0.25) is 0 Å². The molecule has 3 nitrogen and oxygen atoms in total. The van der Waals surface area contributed by atoms with Gasteiger partial charge in [0, 0.05) is 30.1 Å². The summed E-state index contributed by atoms with van der Waals surface area (Å²) in [7, 11) is 0. The number of aromatic nitrogens is 1. The molecule has 2 aromatic rings. The molecule has 1 aliphatic rings. The van der Waals surface area contributed by atoms with E-state index in [0.717, 1.165) is 29.8 Å². The quantitative estimate of drug-likeness (QED) is 0.931. The summed E-state index contributed by atoms with van der Waals surface area (Å²) in [4.78, 5) is 8.55. The van der Waals surface area contributed by atoms with E-state index in [4.69, 9.17) is 10.7 Å². The van der Waals surface area contributed by atoms with Crippen molar-refractivity contribution in [1.29, 1.82) is 0 Å². The Hall–Kier alpha value is -1.39. The van der Waals surface area contributed by atoms with Gasteiger partial charge in [-0.25, -0.2) is 4.98 Å². The Balaban J connectivity index is 1.89. The lowest BCUT2D eigenvalue weighted by Gasteiger charge is -2.31. The van der Waals surface area contributed by atoms with E-state index < -0.39 is 0 Å². The molecule has 0 amide bonds. The van der Waals surface area contributed by atoms with Crippen molar-refractivity contribution in [1.82, 2.24) is 4.98 Å². The third-order valence-corrected chi connectivity index (χ3v) is 5.42. The Kier molecular flexibility index (Phi) is 4.56. The van der Waals surface area contributed by atoms with Crippen LogP contribution in [0.1, 0.15) is 31.1 Å². The van der Waals surface area contributed by atoms with Gasteiger partial charge in [0.15, 0.2) is 5.13 Å². The summed E-state index contributed by atoms with van der Waals surface area (Å²) < 4.78 is 0. The molecule has 112 valence electrons. The van der Waals surface area contributed by atoms with Crippen molar-refractivity contribution in [2.24, 2.45) is 11.7 Å². The molecule has 0 saturated carbocycles. The van der Waals surface area contributed by atoms with E-state index in [1.165, 1.54) is 29.7 Å². The summed E-state index contributed by atoms with van der Waals surface area (Å²) in [6.45, 7) is 5.12. The van der Waals surface area contributed by atoms with E-state index in [0.29, 0.717) is 6.54 Å². The maximum Gasteiger partial charge on any atom is 0.186 e. The molecule has 1 atom stereocenters. The molecule has 2 N–H and O–H groups in total. The van der Waals surface area contributed by atoms with Gasteiger partial charge in [0.05, 0.1) is 5.69 Å². The zero-order chi connectivity index (χ0) is 14.7. The molecular weight excluding hydrogens is 278 g/mol. The van der Waals surface area contributed by atoms with Crippen LogP contribution in [0.2, 0.25) is 0 Å². The normalized spacial score (nSPS) is 19.0. The third-order valence-electron chi connectivity index (χ3n) is 4.29. The van der Waals surface area contributed by atoms with E-state index in [-0.39, 0.29) is 0 Å². The van der Waals surface area contributed by atoms with Gasteiger partial charge < -0.3 is 10.6 Å². The van der Waals surface area contributed by atoms with Crippen LogP contribution in [0, 0.1) is 5.92 Å². The molecule has 1 unspecified atom stereocenters. The first-order chi connectivity index (χ1) is 10.3. The van der Waals surface area contributed by atoms with E-state index in [2.05, 4.69) is 36.1 Å². The number of nitrogens with zero attached hydrogens (tertiary/aromatic N) is 2. The lowest BCUT2D eigenvalue weighted by molar-refractivity contribution is 0.404. The summed E-state index contributed by atoms with van der Waals surface area (Å²) in [5.74, 6) is 0.809. The Morgan fingerprint density at radius 3 is 2.86 bits per heavy atom. The third kappa shape index (κ3) is 3.11. The first kappa shape index (κ1) is 14.5. The van der Waals surface area contributed by atoms with Crippen molar-refractivity contribution < 1.29 is 0 Å². The predicted molar refractivity (Wildman–Crippen MR) is 90.7 cm³/mol. The molecule has 21 heavy (non-hydrogen) atoms. The number of benzene rings is 1. The molecule has 4 heteroatoms. The zero-order valence-electron chi connectivity index (χ0n) is 12.6. The van der Waals surface area contributed by atoms with Crippen LogP contribution in [-0.4, -0.2) is 18.1 Å². The molecule has 1 saturated heterocycles. The Morgan fingerprint density at radius 1 is 1.33 bits per heavy atom. The van der Waals surface area contributed by atoms with Crippen LogP contribution in [0.4, 0.5) is 5.13 Å². The number of piperidine rings is 1. The summed E-state index contributed by atoms with van der Waals surface area (Å²) in [5, 5.41) is 1.15. The molecule has 3 rings (SSSR count). The highest BCUT2D eigenvalue weighted by atomic mass is 32.1. The topological polar surface area (TPSA) is 42.2 Å². The molecule has 2 heterocycles. The minimum Gasteiger partial charge on any atom is -0.348 e. The maximum absolute atomic E-state index is 5.94. The fraction of sp³-hybridized carbons (Fsp3) is 0.471. The Morgan fingerprint density at radius 2 is 2.14 bits per heavy atom. The highest BCUT2D eigenvalue weighted by Crippen LogP contribution is 2.35. The molecule has 1 fully saturated rings. The maximum atomic E-state index is 5.94. The van der Waals surface area contributed by atoms with Gasteiger partial charge >= 0.3 is 0 Å². The molecule has 0 spiro atoms. The van der Waals surface area contributed by atoms with Crippen LogP contribution in [0.15, 0.2) is 30.3 Å². The van der Waals surface area contributed by atoms with Gasteiger partial charge in [0.1, 0.15) is 0 Å². The summed E-state index contributed by atoms with van der Waals surface area (Å²) in [5.41, 5.74) is 8.17. The van der Waals surface area contributed by atoms with E-state index >= 15 is 0 Å². The van der Waals surface area contributed by atoms with Crippen molar-refractivity contribution >= 4 is 16.5 Å². The van der Waals surface area contributed by atoms with Gasteiger partial charge in [-0.15, -0.1) is 0 Å². The van der Waals surface area contributed by atoms with E-state index in [9.17, 15) is 0 Å². The van der Waals surface area contributed by atoms with Gasteiger partial charge in [0.2, 0.25) is 0 Å². The van der Waals surface area contributed by atoms with Crippen molar-refractivity contribution in [3.63, 3.8) is 0 Å². The monoisotopic (exact) mass is 301 g/mol. The average molecular weight is 301 g/mol. The number of thiazole rings is 1. The molecule has 1 aliphatic heterocycles. The standard InChI is InChI=1S/C17H23N3S/c1-2-13-7-6-10-20(12-13)17-19-16(15(11-18)21-17)14-8-4-3-5-9-14/h3-5,8-9,13H,2,6-7,10-12,18H2,1H3. The Labute approximate surface area is 130 Å². The van der Waals surface area contributed by atoms with Crippen LogP contribution in [0.25, 0.3) is 11.3 Å². The first-order valence-corrected chi connectivity index (χ1v) is 8.63. The molecular formula is C17H23N3S. The fourth-order valence-electron chi connectivity index (χ4n) is 3.01. The summed E-state index contributed by atoms with van der Waals surface area (Å²) in [6, 6.07) is 10.4. The summed E-state index contributed by atoms with van der Waals surface area (Å²) in [6.07, 6.45) is 3.89. The highest BCUT2D eigenvalue weighted by Gasteiger charge is 2.22. The molecule has 0 aliphatic carbocycles. The molecule has 0 bridgehead atoms. The second-order valence-electron chi connectivity index (χ2n) is 5.70.